The fourth-order valence-electron chi connectivity index (χ4n) is 5.60. The highest BCUT2D eigenvalue weighted by molar-refractivity contribution is 6.03. The van der Waals surface area contributed by atoms with Crippen molar-refractivity contribution in [3.63, 3.8) is 0 Å². The van der Waals surface area contributed by atoms with E-state index in [2.05, 4.69) is 10.2 Å². The summed E-state index contributed by atoms with van der Waals surface area (Å²) in [6.45, 7) is 3.69. The highest BCUT2D eigenvalue weighted by Gasteiger charge is 2.40. The second-order valence-electron chi connectivity index (χ2n) is 10.8. The summed E-state index contributed by atoms with van der Waals surface area (Å²) >= 11 is 0. The van der Waals surface area contributed by atoms with Gasteiger partial charge in [0.2, 0.25) is 0 Å². The van der Waals surface area contributed by atoms with Crippen molar-refractivity contribution in [2.75, 3.05) is 37.4 Å². The monoisotopic (exact) mass is 506 g/mol. The number of nitrogens with one attached hydrogen (secondary N) is 1. The number of benzene rings is 1. The van der Waals surface area contributed by atoms with E-state index >= 15 is 0 Å². The maximum atomic E-state index is 14.4. The molecule has 1 saturated heterocycles. The number of pyridine rings is 1. The number of hydrogen-bond donors (Lipinski definition) is 1. The number of carbonyl (C=O) groups excluding carboxylic acids is 1. The van der Waals surface area contributed by atoms with E-state index in [1.54, 1.807) is 25.1 Å². The number of anilines is 2. The quantitative estimate of drug-likeness (QED) is 0.482. The summed E-state index contributed by atoms with van der Waals surface area (Å²) in [6, 6.07) is 6.74. The molecule has 3 heterocycles. The third-order valence-corrected chi connectivity index (χ3v) is 7.78. The average Bonchev–Trinajstić information content (AvgIpc) is 3.49. The minimum absolute atomic E-state index is 0.121. The van der Waals surface area contributed by atoms with Crippen LogP contribution in [0.2, 0.25) is 0 Å². The lowest BCUT2D eigenvalue weighted by Crippen LogP contribution is -2.28. The molecule has 1 saturated carbocycles. The van der Waals surface area contributed by atoms with Crippen LogP contribution < -0.4 is 10.2 Å². The molecule has 0 spiro atoms. The first-order chi connectivity index (χ1) is 17.7. The Hall–Kier alpha value is -3.36. The van der Waals surface area contributed by atoms with Crippen molar-refractivity contribution in [3.05, 3.63) is 52.3 Å². The Bertz CT molecular complexity index is 1380. The SMILES string of the molecule is C[C@@H](Nc1nc(C2CC2)nc2nc(N3CCCC3)c(C(=O)N(C)C)cc12)c1cccc2c1CCC2(F)F. The van der Waals surface area contributed by atoms with Gasteiger partial charge in [0.1, 0.15) is 17.5 Å². The predicted octanol–water partition coefficient (Wildman–Crippen LogP) is 5.42. The van der Waals surface area contributed by atoms with Gasteiger partial charge < -0.3 is 15.1 Å². The Morgan fingerprint density at radius 3 is 2.62 bits per heavy atom. The maximum Gasteiger partial charge on any atom is 0.273 e. The van der Waals surface area contributed by atoms with Gasteiger partial charge in [-0.2, -0.15) is 0 Å². The number of carbonyl (C=O) groups is 1. The molecule has 0 bridgehead atoms. The van der Waals surface area contributed by atoms with Gasteiger partial charge in [-0.25, -0.2) is 23.7 Å². The highest BCUT2D eigenvalue weighted by atomic mass is 19.3. The highest BCUT2D eigenvalue weighted by Crippen LogP contribution is 2.45. The summed E-state index contributed by atoms with van der Waals surface area (Å²) in [5.41, 5.74) is 2.78. The molecule has 6 rings (SSSR count). The number of hydrogen-bond acceptors (Lipinski definition) is 6. The van der Waals surface area contributed by atoms with Crippen molar-refractivity contribution in [1.29, 1.82) is 0 Å². The topological polar surface area (TPSA) is 74.2 Å². The molecule has 1 aliphatic heterocycles. The molecule has 2 aliphatic carbocycles. The number of halogens is 2. The van der Waals surface area contributed by atoms with Crippen LogP contribution in [0.15, 0.2) is 24.3 Å². The number of nitrogens with zero attached hydrogens (tertiary/aromatic N) is 5. The van der Waals surface area contributed by atoms with E-state index in [-0.39, 0.29) is 23.9 Å². The lowest BCUT2D eigenvalue weighted by molar-refractivity contribution is -0.00185. The number of amides is 1. The molecule has 9 heteroatoms. The molecule has 37 heavy (non-hydrogen) atoms. The summed E-state index contributed by atoms with van der Waals surface area (Å²) in [6.07, 6.45) is 4.41. The van der Waals surface area contributed by atoms with Crippen LogP contribution in [0.5, 0.6) is 0 Å². The Morgan fingerprint density at radius 2 is 1.92 bits per heavy atom. The van der Waals surface area contributed by atoms with Crippen molar-refractivity contribution in [3.8, 4) is 0 Å². The molecule has 0 unspecified atom stereocenters. The van der Waals surface area contributed by atoms with Crippen LogP contribution in [-0.2, 0) is 12.3 Å². The van der Waals surface area contributed by atoms with Gasteiger partial charge in [-0.3, -0.25) is 4.79 Å². The fourth-order valence-corrected chi connectivity index (χ4v) is 5.60. The van der Waals surface area contributed by atoms with Crippen molar-refractivity contribution in [2.45, 2.75) is 63.3 Å². The molecule has 3 aliphatic rings. The summed E-state index contributed by atoms with van der Waals surface area (Å²) in [5, 5.41) is 4.16. The minimum Gasteiger partial charge on any atom is -0.363 e. The Morgan fingerprint density at radius 1 is 1.16 bits per heavy atom. The molecule has 1 atom stereocenters. The van der Waals surface area contributed by atoms with Crippen LogP contribution in [0.3, 0.4) is 0 Å². The minimum atomic E-state index is -2.79. The maximum absolute atomic E-state index is 14.4. The van der Waals surface area contributed by atoms with E-state index in [9.17, 15) is 13.6 Å². The van der Waals surface area contributed by atoms with Crippen LogP contribution in [-0.4, -0.2) is 52.9 Å². The molecule has 1 aromatic carbocycles. The van der Waals surface area contributed by atoms with Gasteiger partial charge in [0.05, 0.1) is 17.0 Å². The predicted molar refractivity (Wildman–Crippen MR) is 139 cm³/mol. The largest absolute Gasteiger partial charge is 0.363 e. The third-order valence-electron chi connectivity index (χ3n) is 7.78. The molecule has 1 N–H and O–H groups in total. The van der Waals surface area contributed by atoms with Gasteiger partial charge in [0, 0.05) is 45.1 Å². The molecule has 7 nitrogen and oxygen atoms in total. The zero-order valence-electron chi connectivity index (χ0n) is 21.5. The van der Waals surface area contributed by atoms with Gasteiger partial charge >= 0.3 is 0 Å². The van der Waals surface area contributed by atoms with Gasteiger partial charge in [0.25, 0.3) is 11.8 Å². The van der Waals surface area contributed by atoms with Gasteiger partial charge in [-0.15, -0.1) is 0 Å². The van der Waals surface area contributed by atoms with Crippen molar-refractivity contribution >= 4 is 28.6 Å². The first-order valence-electron chi connectivity index (χ1n) is 13.2. The van der Waals surface area contributed by atoms with Gasteiger partial charge in [-0.05, 0) is 56.2 Å². The number of aromatic nitrogens is 3. The van der Waals surface area contributed by atoms with Crippen molar-refractivity contribution in [2.24, 2.45) is 0 Å². The number of alkyl halides is 2. The average molecular weight is 507 g/mol. The van der Waals surface area contributed by atoms with Crippen LogP contribution in [0.4, 0.5) is 20.4 Å². The van der Waals surface area contributed by atoms with E-state index in [0.717, 1.165) is 50.2 Å². The van der Waals surface area contributed by atoms with E-state index in [1.807, 2.05) is 19.1 Å². The molecule has 3 aromatic rings. The van der Waals surface area contributed by atoms with Crippen molar-refractivity contribution < 1.29 is 13.6 Å². The first-order valence-corrected chi connectivity index (χ1v) is 13.2. The van der Waals surface area contributed by atoms with Gasteiger partial charge in [0.15, 0.2) is 5.65 Å². The first kappa shape index (κ1) is 24.0. The molecule has 1 amide bonds. The molecule has 2 aromatic heterocycles. The zero-order valence-corrected chi connectivity index (χ0v) is 21.5. The van der Waals surface area contributed by atoms with E-state index in [1.165, 1.54) is 6.07 Å². The van der Waals surface area contributed by atoms with E-state index in [4.69, 9.17) is 15.0 Å². The second-order valence-corrected chi connectivity index (χ2v) is 10.8. The zero-order chi connectivity index (χ0) is 25.9. The number of fused-ring (bicyclic) bond motifs is 2. The molecule has 0 radical (unpaired) electrons. The van der Waals surface area contributed by atoms with E-state index in [0.29, 0.717) is 46.1 Å². The normalized spacial score (nSPS) is 19.2. The fraction of sp³-hybridized carbons (Fsp3) is 0.500. The Labute approximate surface area is 215 Å². The molecule has 194 valence electrons. The summed E-state index contributed by atoms with van der Waals surface area (Å²) in [7, 11) is 3.47. The Kier molecular flexibility index (Phi) is 5.76. The van der Waals surface area contributed by atoms with Crippen LogP contribution in [0, 0.1) is 0 Å². The van der Waals surface area contributed by atoms with Crippen LogP contribution in [0.1, 0.15) is 83.9 Å². The van der Waals surface area contributed by atoms with Crippen molar-refractivity contribution in [1.82, 2.24) is 19.9 Å². The standard InChI is InChI=1S/C28H32F2N6O/c1-16(18-7-6-8-22-19(18)11-12-28(22,29)30)31-24-20-15-21(27(37)35(2)3)26(36-13-4-5-14-36)34-25(20)33-23(32-24)17-9-10-17/h6-8,15-17H,4-5,9-14H2,1-3H3,(H,31,32,33,34)/t16-/m1/s1. The van der Waals surface area contributed by atoms with E-state index < -0.39 is 5.92 Å². The smallest absolute Gasteiger partial charge is 0.273 e. The summed E-state index contributed by atoms with van der Waals surface area (Å²) in [4.78, 5) is 31.6. The second kappa shape index (κ2) is 8.89. The molecule has 2 fully saturated rings. The molecular formula is C28H32F2N6O. The Balaban J connectivity index is 1.46. The lowest BCUT2D eigenvalue weighted by atomic mass is 9.97. The van der Waals surface area contributed by atoms with Gasteiger partial charge in [-0.1, -0.05) is 18.2 Å². The molecular weight excluding hydrogens is 474 g/mol. The third kappa shape index (κ3) is 4.28. The lowest BCUT2D eigenvalue weighted by Gasteiger charge is -2.23. The summed E-state index contributed by atoms with van der Waals surface area (Å²) < 4.78 is 28.9. The summed E-state index contributed by atoms with van der Waals surface area (Å²) in [5.74, 6) is -0.590. The van der Waals surface area contributed by atoms with Crippen LogP contribution >= 0.6 is 0 Å². The van der Waals surface area contributed by atoms with Crippen LogP contribution in [0.25, 0.3) is 11.0 Å². The number of rotatable bonds is 6.